The van der Waals surface area contributed by atoms with Gasteiger partial charge in [0.2, 0.25) is 0 Å². The summed E-state index contributed by atoms with van der Waals surface area (Å²) in [5.74, 6) is -0.962. The number of esters is 1. The Bertz CT molecular complexity index is 383. The van der Waals surface area contributed by atoms with E-state index in [0.29, 0.717) is 0 Å². The first-order valence-electron chi connectivity index (χ1n) is 6.61. The van der Waals surface area contributed by atoms with Crippen molar-refractivity contribution in [1.29, 1.82) is 0 Å². The molecule has 0 unspecified atom stereocenters. The average molecular weight is 309 g/mol. The quantitative estimate of drug-likeness (QED) is 0.743. The largest absolute Gasteiger partial charge is 0.467 e. The number of carbonyl (C=O) groups is 2. The van der Waals surface area contributed by atoms with Gasteiger partial charge in [-0.3, -0.25) is 4.90 Å². The highest BCUT2D eigenvalue weighted by Gasteiger charge is 2.42. The van der Waals surface area contributed by atoms with Crippen molar-refractivity contribution in [2.45, 2.75) is 45.4 Å². The SMILES string of the molecule is COC(=O)[C@@H]1C[C@H](COC(F)F)CN1C(=O)OC(C)(C)C. The van der Waals surface area contributed by atoms with E-state index in [0.717, 1.165) is 0 Å². The Kier molecular flexibility index (Phi) is 5.88. The summed E-state index contributed by atoms with van der Waals surface area (Å²) in [6.45, 7) is 2.10. The molecule has 1 aliphatic heterocycles. The smallest absolute Gasteiger partial charge is 0.411 e. The molecule has 8 heteroatoms. The van der Waals surface area contributed by atoms with Crippen LogP contribution in [0.15, 0.2) is 0 Å². The maximum atomic E-state index is 12.1. The summed E-state index contributed by atoms with van der Waals surface area (Å²) in [6.07, 6.45) is -0.462. The van der Waals surface area contributed by atoms with Crippen LogP contribution in [0.1, 0.15) is 27.2 Å². The van der Waals surface area contributed by atoms with Gasteiger partial charge in [-0.05, 0) is 27.2 Å². The van der Waals surface area contributed by atoms with Crippen LogP contribution in [-0.4, -0.2) is 55.5 Å². The van der Waals surface area contributed by atoms with Gasteiger partial charge in [0, 0.05) is 12.5 Å². The number of carbonyl (C=O) groups excluding carboxylic acids is 2. The summed E-state index contributed by atoms with van der Waals surface area (Å²) in [5, 5.41) is 0. The molecule has 0 bridgehead atoms. The van der Waals surface area contributed by atoms with Crippen LogP contribution >= 0.6 is 0 Å². The number of likely N-dealkylation sites (tertiary alicyclic amines) is 1. The lowest BCUT2D eigenvalue weighted by Crippen LogP contribution is -2.43. The highest BCUT2D eigenvalue weighted by Crippen LogP contribution is 2.27. The first kappa shape index (κ1) is 17.6. The number of alkyl halides is 2. The van der Waals surface area contributed by atoms with Crippen molar-refractivity contribution in [2.75, 3.05) is 20.3 Å². The van der Waals surface area contributed by atoms with Crippen molar-refractivity contribution in [1.82, 2.24) is 4.90 Å². The number of ether oxygens (including phenoxy) is 3. The lowest BCUT2D eigenvalue weighted by molar-refractivity contribution is -0.145. The molecule has 2 atom stereocenters. The lowest BCUT2D eigenvalue weighted by atomic mass is 10.1. The fourth-order valence-corrected chi connectivity index (χ4v) is 2.13. The molecule has 1 amide bonds. The zero-order chi connectivity index (χ0) is 16.2. The Labute approximate surface area is 122 Å². The minimum Gasteiger partial charge on any atom is -0.467 e. The molecule has 0 spiro atoms. The van der Waals surface area contributed by atoms with Crippen molar-refractivity contribution >= 4 is 12.1 Å². The summed E-state index contributed by atoms with van der Waals surface area (Å²) in [4.78, 5) is 25.0. The van der Waals surface area contributed by atoms with Crippen LogP contribution in [0.3, 0.4) is 0 Å². The van der Waals surface area contributed by atoms with E-state index >= 15 is 0 Å². The fraction of sp³-hybridized carbons (Fsp3) is 0.846. The average Bonchev–Trinajstić information content (AvgIpc) is 2.77. The van der Waals surface area contributed by atoms with Crippen molar-refractivity contribution in [3.05, 3.63) is 0 Å². The highest BCUT2D eigenvalue weighted by molar-refractivity contribution is 5.82. The van der Waals surface area contributed by atoms with E-state index in [-0.39, 0.29) is 25.5 Å². The van der Waals surface area contributed by atoms with Crippen LogP contribution in [-0.2, 0) is 19.0 Å². The minimum absolute atomic E-state index is 0.113. The molecule has 0 aromatic rings. The van der Waals surface area contributed by atoms with E-state index in [9.17, 15) is 18.4 Å². The summed E-state index contributed by atoms with van der Waals surface area (Å²) in [5.41, 5.74) is -0.713. The summed E-state index contributed by atoms with van der Waals surface area (Å²) in [7, 11) is 1.21. The van der Waals surface area contributed by atoms with Gasteiger partial charge in [-0.15, -0.1) is 0 Å². The first-order valence-corrected chi connectivity index (χ1v) is 6.61. The van der Waals surface area contributed by atoms with Gasteiger partial charge in [0.05, 0.1) is 13.7 Å². The Hall–Kier alpha value is -1.44. The molecule has 0 N–H and O–H groups in total. The van der Waals surface area contributed by atoms with Crippen molar-refractivity contribution in [3.8, 4) is 0 Å². The molecule has 21 heavy (non-hydrogen) atoms. The molecule has 1 rings (SSSR count). The van der Waals surface area contributed by atoms with Gasteiger partial charge in [0.15, 0.2) is 0 Å². The molecule has 1 saturated heterocycles. The lowest BCUT2D eigenvalue weighted by Gasteiger charge is -2.27. The normalized spacial score (nSPS) is 22.5. The van der Waals surface area contributed by atoms with E-state index in [1.54, 1.807) is 20.8 Å². The standard InChI is InChI=1S/C13H21F2NO5/c1-13(2,3)21-12(18)16-6-8(7-20-11(14)15)5-9(16)10(17)19-4/h8-9,11H,5-7H2,1-4H3/t8-,9-/m0/s1. The topological polar surface area (TPSA) is 65.1 Å². The van der Waals surface area contributed by atoms with Gasteiger partial charge in [0.25, 0.3) is 0 Å². The van der Waals surface area contributed by atoms with Crippen LogP contribution in [0, 0.1) is 5.92 Å². The van der Waals surface area contributed by atoms with E-state index in [1.165, 1.54) is 12.0 Å². The number of nitrogens with zero attached hydrogens (tertiary/aromatic N) is 1. The predicted molar refractivity (Wildman–Crippen MR) is 68.8 cm³/mol. The number of methoxy groups -OCH3 is 1. The molecule has 1 heterocycles. The Morgan fingerprint density at radius 3 is 2.43 bits per heavy atom. The fourth-order valence-electron chi connectivity index (χ4n) is 2.13. The minimum atomic E-state index is -2.88. The molecule has 0 radical (unpaired) electrons. The number of halogens is 2. The molecular formula is C13H21F2NO5. The van der Waals surface area contributed by atoms with E-state index in [4.69, 9.17) is 4.74 Å². The second kappa shape index (κ2) is 7.02. The van der Waals surface area contributed by atoms with E-state index in [2.05, 4.69) is 9.47 Å². The third kappa shape index (κ3) is 5.45. The zero-order valence-corrected chi connectivity index (χ0v) is 12.6. The monoisotopic (exact) mass is 309 g/mol. The summed E-state index contributed by atoms with van der Waals surface area (Å²) >= 11 is 0. The van der Waals surface area contributed by atoms with Crippen molar-refractivity contribution in [3.63, 3.8) is 0 Å². The van der Waals surface area contributed by atoms with Gasteiger partial charge < -0.3 is 14.2 Å². The van der Waals surface area contributed by atoms with Crippen molar-refractivity contribution < 1.29 is 32.6 Å². The van der Waals surface area contributed by atoms with Gasteiger partial charge in [-0.2, -0.15) is 8.78 Å². The summed E-state index contributed by atoms with van der Waals surface area (Å²) < 4.78 is 38.2. The van der Waals surface area contributed by atoms with Gasteiger partial charge in [0.1, 0.15) is 11.6 Å². The van der Waals surface area contributed by atoms with Crippen LogP contribution in [0.4, 0.5) is 13.6 Å². The van der Waals surface area contributed by atoms with Crippen LogP contribution in [0.25, 0.3) is 0 Å². The zero-order valence-electron chi connectivity index (χ0n) is 12.6. The van der Waals surface area contributed by atoms with Gasteiger partial charge in [-0.25, -0.2) is 9.59 Å². The van der Waals surface area contributed by atoms with E-state index in [1.807, 2.05) is 0 Å². The molecule has 0 aromatic carbocycles. The predicted octanol–water partition coefficient (Wildman–Crippen LogP) is 2.02. The van der Waals surface area contributed by atoms with Gasteiger partial charge in [-0.1, -0.05) is 0 Å². The third-order valence-corrected chi connectivity index (χ3v) is 2.95. The molecule has 0 aliphatic carbocycles. The molecular weight excluding hydrogens is 288 g/mol. The van der Waals surface area contributed by atoms with Gasteiger partial charge >= 0.3 is 18.7 Å². The summed E-state index contributed by atoms with van der Waals surface area (Å²) in [6, 6.07) is -0.837. The molecule has 1 aliphatic rings. The van der Waals surface area contributed by atoms with Crippen molar-refractivity contribution in [2.24, 2.45) is 5.92 Å². The molecule has 6 nitrogen and oxygen atoms in total. The maximum absolute atomic E-state index is 12.1. The van der Waals surface area contributed by atoms with Crippen LogP contribution in [0.2, 0.25) is 0 Å². The van der Waals surface area contributed by atoms with Crippen LogP contribution < -0.4 is 0 Å². The Morgan fingerprint density at radius 1 is 1.33 bits per heavy atom. The molecule has 0 saturated carbocycles. The number of rotatable bonds is 4. The Morgan fingerprint density at radius 2 is 1.95 bits per heavy atom. The van der Waals surface area contributed by atoms with E-state index < -0.39 is 30.3 Å². The third-order valence-electron chi connectivity index (χ3n) is 2.95. The molecule has 1 fully saturated rings. The number of hydrogen-bond acceptors (Lipinski definition) is 5. The molecule has 122 valence electrons. The Balaban J connectivity index is 2.73. The number of hydrogen-bond donors (Lipinski definition) is 0. The van der Waals surface area contributed by atoms with Crippen LogP contribution in [0.5, 0.6) is 0 Å². The molecule has 0 aromatic heterocycles. The second-order valence-corrected chi connectivity index (χ2v) is 5.87. The maximum Gasteiger partial charge on any atom is 0.411 e. The highest BCUT2D eigenvalue weighted by atomic mass is 19.3. The first-order chi connectivity index (χ1) is 9.64. The number of amides is 1. The second-order valence-electron chi connectivity index (χ2n) is 5.87.